The second-order valence-corrected chi connectivity index (χ2v) is 12.8. The lowest BCUT2D eigenvalue weighted by atomic mass is 10.00. The van der Waals surface area contributed by atoms with Crippen LogP contribution in [0.5, 0.6) is 0 Å². The van der Waals surface area contributed by atoms with Crippen molar-refractivity contribution in [2.45, 2.75) is 71.1 Å². The van der Waals surface area contributed by atoms with Gasteiger partial charge in [0.15, 0.2) is 0 Å². The highest BCUT2D eigenvalue weighted by molar-refractivity contribution is 7.92. The summed E-state index contributed by atoms with van der Waals surface area (Å²) >= 11 is 0. The number of imidazole rings is 1. The Morgan fingerprint density at radius 2 is 1.95 bits per heavy atom. The van der Waals surface area contributed by atoms with E-state index in [4.69, 9.17) is 0 Å². The summed E-state index contributed by atoms with van der Waals surface area (Å²) in [4.78, 5) is 21.4. The molecule has 1 aliphatic heterocycles. The van der Waals surface area contributed by atoms with Crippen molar-refractivity contribution in [2.75, 3.05) is 35.0 Å². The molecule has 42 heavy (non-hydrogen) atoms. The maximum atomic E-state index is 13.6. The largest absolute Gasteiger partial charge is 0.390 e. The van der Waals surface area contributed by atoms with Crippen molar-refractivity contribution >= 4 is 27.3 Å². The maximum absolute atomic E-state index is 13.6. The number of carbonyl (C=O) groups excluding carboxylic acids is 1. The van der Waals surface area contributed by atoms with Crippen molar-refractivity contribution in [3.05, 3.63) is 77.4 Å². The number of aromatic nitrogens is 2. The number of rotatable bonds is 15. The van der Waals surface area contributed by atoms with Gasteiger partial charge in [-0.2, -0.15) is 0 Å². The second kappa shape index (κ2) is 15.2. The van der Waals surface area contributed by atoms with E-state index in [0.29, 0.717) is 49.4 Å². The molecule has 1 saturated heterocycles. The van der Waals surface area contributed by atoms with Gasteiger partial charge < -0.3 is 26.0 Å². The van der Waals surface area contributed by atoms with Gasteiger partial charge in [0.2, 0.25) is 10.0 Å². The Bertz CT molecular complexity index is 1400. The van der Waals surface area contributed by atoms with E-state index < -0.39 is 22.2 Å². The number of carbonyl (C=O) groups is 1. The quantitative estimate of drug-likeness (QED) is 0.181. The van der Waals surface area contributed by atoms with Crippen molar-refractivity contribution in [2.24, 2.45) is 0 Å². The zero-order valence-corrected chi connectivity index (χ0v) is 25.4. The number of benzene rings is 2. The molecule has 1 aromatic heterocycles. The fraction of sp³-hybridized carbons (Fsp3) is 0.484. The second-order valence-electron chi connectivity index (χ2n) is 10.8. The number of nitrogens with zero attached hydrogens (tertiary/aromatic N) is 2. The topological polar surface area (TPSA) is 139 Å². The monoisotopic (exact) mass is 596 g/mol. The molecule has 11 heteroatoms. The third kappa shape index (κ3) is 8.80. The van der Waals surface area contributed by atoms with Crippen LogP contribution in [0.1, 0.15) is 67.0 Å². The molecule has 0 bridgehead atoms. The maximum Gasteiger partial charge on any atom is 0.251 e. The zero-order chi connectivity index (χ0) is 30.0. The first kappa shape index (κ1) is 31.5. The average molecular weight is 597 g/mol. The molecule has 5 N–H and O–H groups in total. The summed E-state index contributed by atoms with van der Waals surface area (Å²) in [5.74, 6) is 0.677. The summed E-state index contributed by atoms with van der Waals surface area (Å²) in [6.07, 6.45) is 5.85. The van der Waals surface area contributed by atoms with Crippen molar-refractivity contribution in [3.63, 3.8) is 0 Å². The van der Waals surface area contributed by atoms with E-state index in [-0.39, 0.29) is 18.2 Å². The Labute approximate surface area is 249 Å². The van der Waals surface area contributed by atoms with Gasteiger partial charge in [-0.25, -0.2) is 13.4 Å². The van der Waals surface area contributed by atoms with E-state index in [0.717, 1.165) is 42.8 Å². The molecule has 0 radical (unpaired) electrons. The molecule has 4 rings (SSSR count). The smallest absolute Gasteiger partial charge is 0.251 e. The van der Waals surface area contributed by atoms with E-state index >= 15 is 0 Å². The number of hydrogen-bond donors (Lipinski definition) is 5. The molecule has 3 aromatic rings. The third-order valence-electron chi connectivity index (χ3n) is 7.39. The summed E-state index contributed by atoms with van der Waals surface area (Å²) in [6, 6.07) is 14.2. The van der Waals surface area contributed by atoms with Crippen LogP contribution in [0.15, 0.2) is 54.7 Å². The minimum atomic E-state index is -3.45. The Hall–Kier alpha value is -3.41. The van der Waals surface area contributed by atoms with Crippen LogP contribution in [0, 0.1) is 0 Å². The van der Waals surface area contributed by atoms with Crippen LogP contribution in [-0.4, -0.2) is 66.9 Å². The minimum absolute atomic E-state index is 0.0942. The normalized spacial score (nSPS) is 16.1. The number of aliphatic hydroxyl groups is 1. The molecule has 2 heterocycles. The van der Waals surface area contributed by atoms with Crippen LogP contribution in [0.2, 0.25) is 0 Å². The van der Waals surface area contributed by atoms with E-state index in [1.807, 2.05) is 43.5 Å². The summed E-state index contributed by atoms with van der Waals surface area (Å²) in [7, 11) is -3.45. The predicted molar refractivity (Wildman–Crippen MR) is 167 cm³/mol. The molecule has 1 amide bonds. The summed E-state index contributed by atoms with van der Waals surface area (Å²) < 4.78 is 27.0. The third-order valence-corrected chi connectivity index (χ3v) is 9.26. The summed E-state index contributed by atoms with van der Waals surface area (Å²) in [6.45, 7) is 5.87. The lowest BCUT2D eigenvalue weighted by Crippen LogP contribution is -2.48. The van der Waals surface area contributed by atoms with Crippen molar-refractivity contribution in [1.82, 2.24) is 20.6 Å². The minimum Gasteiger partial charge on any atom is -0.390 e. The van der Waals surface area contributed by atoms with E-state index in [2.05, 4.69) is 32.8 Å². The van der Waals surface area contributed by atoms with Gasteiger partial charge >= 0.3 is 0 Å². The number of aliphatic hydroxyl groups excluding tert-OH is 1. The first-order chi connectivity index (χ1) is 20.3. The number of aryl methyl sites for hydroxylation is 1. The fourth-order valence-electron chi connectivity index (χ4n) is 5.14. The molecule has 0 aliphatic carbocycles. The van der Waals surface area contributed by atoms with Crippen LogP contribution < -0.4 is 20.3 Å². The molecule has 1 aliphatic rings. The highest BCUT2D eigenvalue weighted by Gasteiger charge is 2.28. The summed E-state index contributed by atoms with van der Waals surface area (Å²) in [5, 5.41) is 20.8. The Kier molecular flexibility index (Phi) is 11.4. The van der Waals surface area contributed by atoms with Gasteiger partial charge in [-0.3, -0.25) is 9.10 Å². The van der Waals surface area contributed by atoms with E-state index in [1.54, 1.807) is 18.2 Å². The predicted octanol–water partition coefficient (Wildman–Crippen LogP) is 3.61. The Morgan fingerprint density at radius 1 is 1.14 bits per heavy atom. The van der Waals surface area contributed by atoms with Crippen LogP contribution in [-0.2, 0) is 29.4 Å². The Morgan fingerprint density at radius 3 is 2.69 bits per heavy atom. The first-order valence-electron chi connectivity index (χ1n) is 14.9. The van der Waals surface area contributed by atoms with Gasteiger partial charge in [0.1, 0.15) is 5.82 Å². The molecule has 0 spiro atoms. The molecular weight excluding hydrogens is 552 g/mol. The fourth-order valence-corrected chi connectivity index (χ4v) is 6.76. The van der Waals surface area contributed by atoms with Crippen molar-refractivity contribution in [1.29, 1.82) is 0 Å². The number of hydrogen-bond acceptors (Lipinski definition) is 7. The van der Waals surface area contributed by atoms with E-state index in [9.17, 15) is 18.3 Å². The number of unbranched alkanes of at least 4 members (excludes halogenated alkanes) is 1. The molecule has 0 saturated carbocycles. The van der Waals surface area contributed by atoms with Gasteiger partial charge in [0.25, 0.3) is 5.91 Å². The van der Waals surface area contributed by atoms with Crippen LogP contribution in [0.25, 0.3) is 0 Å². The lowest BCUT2D eigenvalue weighted by molar-refractivity contribution is 0.0830. The van der Waals surface area contributed by atoms with Crippen LogP contribution in [0.4, 0.5) is 11.4 Å². The molecule has 10 nitrogen and oxygen atoms in total. The average Bonchev–Trinajstić information content (AvgIpc) is 3.43. The molecule has 1 unspecified atom stereocenters. The molecule has 228 valence electrons. The van der Waals surface area contributed by atoms with Gasteiger partial charge in [-0.1, -0.05) is 43.7 Å². The Balaban J connectivity index is 1.49. The van der Waals surface area contributed by atoms with Crippen molar-refractivity contribution in [3.8, 4) is 0 Å². The molecule has 2 atom stereocenters. The summed E-state index contributed by atoms with van der Waals surface area (Å²) in [5.41, 5.74) is 3.40. The number of sulfonamides is 1. The highest BCUT2D eigenvalue weighted by atomic mass is 32.2. The number of aromatic amines is 1. The number of nitrogens with one attached hydrogen (secondary N) is 4. The molecule has 2 aromatic carbocycles. The van der Waals surface area contributed by atoms with E-state index in [1.165, 1.54) is 4.31 Å². The number of H-pyrrole nitrogens is 1. The highest BCUT2D eigenvalue weighted by Crippen LogP contribution is 2.28. The van der Waals surface area contributed by atoms with Gasteiger partial charge in [-0.05, 0) is 56.4 Å². The zero-order valence-electron chi connectivity index (χ0n) is 24.6. The van der Waals surface area contributed by atoms with Crippen LogP contribution in [0.3, 0.4) is 0 Å². The molecular formula is C31H44N6O4S. The van der Waals surface area contributed by atoms with Gasteiger partial charge in [0, 0.05) is 55.7 Å². The standard InChI is InChI=1S/C31H44N6O4S/c1-3-5-13-30-34-21-26(35-30)20-32-22-29(38)28(16-23-11-7-6-8-12-23)36-31(39)24-17-25(33-4-2)19-27(18-24)37-14-9-10-15-42(37,40)41/h6-8,11-12,17-19,21,28-29,32-33,38H,3-5,9-10,13-16,20,22H2,1-2H3,(H,34,35)(H,36,39)/t28?,29-/m1/s1. The number of anilines is 2. The van der Waals surface area contributed by atoms with Crippen LogP contribution >= 0.6 is 0 Å². The van der Waals surface area contributed by atoms with Gasteiger partial charge in [-0.15, -0.1) is 0 Å². The lowest BCUT2D eigenvalue weighted by Gasteiger charge is -2.29. The SMILES string of the molecule is CCCCc1ncc(CNC[C@@H](O)C(Cc2ccccc2)NC(=O)c2cc(NCC)cc(N3CCCCS3(=O)=O)c2)[nH]1. The molecule has 1 fully saturated rings. The van der Waals surface area contributed by atoms with Crippen molar-refractivity contribution < 1.29 is 18.3 Å². The van der Waals surface area contributed by atoms with Gasteiger partial charge in [0.05, 0.1) is 23.6 Å². The number of amides is 1. The first-order valence-corrected chi connectivity index (χ1v) is 16.6.